The molecule has 1 aliphatic heterocycles. The third-order valence-electron chi connectivity index (χ3n) is 4.47. The van der Waals surface area contributed by atoms with Crippen LogP contribution < -0.4 is 5.32 Å². The lowest BCUT2D eigenvalue weighted by atomic mass is 10.0. The highest BCUT2D eigenvalue weighted by molar-refractivity contribution is 6.32. The van der Waals surface area contributed by atoms with Crippen molar-refractivity contribution in [3.8, 4) is 0 Å². The number of nitrogens with zero attached hydrogens (tertiary/aromatic N) is 3. The van der Waals surface area contributed by atoms with Gasteiger partial charge in [0.1, 0.15) is 5.82 Å². The van der Waals surface area contributed by atoms with Crippen LogP contribution in [-0.2, 0) is 6.18 Å². The lowest BCUT2D eigenvalue weighted by Crippen LogP contribution is -2.38. The lowest BCUT2D eigenvalue weighted by Gasteiger charge is -2.26. The fourth-order valence-electron chi connectivity index (χ4n) is 2.81. The van der Waals surface area contributed by atoms with Crippen LogP contribution in [0.3, 0.4) is 0 Å². The zero-order valence-electron chi connectivity index (χ0n) is 15.4. The molecule has 1 unspecified atom stereocenters. The van der Waals surface area contributed by atoms with Crippen molar-refractivity contribution in [3.63, 3.8) is 0 Å². The molecule has 6 nitrogen and oxygen atoms in total. The molecule has 2 aromatic heterocycles. The van der Waals surface area contributed by atoms with Crippen molar-refractivity contribution in [1.29, 1.82) is 0 Å². The molecule has 1 atom stereocenters. The van der Waals surface area contributed by atoms with Crippen molar-refractivity contribution in [3.05, 3.63) is 58.5 Å². The summed E-state index contributed by atoms with van der Waals surface area (Å²) in [6.45, 7) is 2.29. The average Bonchev–Trinajstić information content (AvgIpc) is 2.67. The third kappa shape index (κ3) is 5.04. The average molecular weight is 427 g/mol. The molecular formula is C19H18ClF3N4O2. The van der Waals surface area contributed by atoms with Gasteiger partial charge in [-0.05, 0) is 37.1 Å². The van der Waals surface area contributed by atoms with Gasteiger partial charge in [0.2, 0.25) is 0 Å². The molecule has 2 aromatic rings. The fraction of sp³-hybridized carbons (Fsp3) is 0.316. The number of rotatable bonds is 3. The van der Waals surface area contributed by atoms with Gasteiger partial charge in [0, 0.05) is 31.0 Å². The van der Waals surface area contributed by atoms with Gasteiger partial charge in [0.25, 0.3) is 0 Å². The molecule has 2 amide bonds. The van der Waals surface area contributed by atoms with Crippen LogP contribution in [0.15, 0.2) is 36.7 Å². The Morgan fingerprint density at radius 2 is 2.07 bits per heavy atom. The first kappa shape index (κ1) is 21.1. The highest BCUT2D eigenvalue weighted by atomic mass is 35.5. The largest absolute Gasteiger partial charge is 0.417 e. The van der Waals surface area contributed by atoms with Crippen LogP contribution >= 0.6 is 11.6 Å². The molecule has 0 aliphatic carbocycles. The van der Waals surface area contributed by atoms with Crippen LogP contribution in [-0.4, -0.2) is 39.1 Å². The Morgan fingerprint density at radius 3 is 2.59 bits per heavy atom. The third-order valence-corrected chi connectivity index (χ3v) is 4.76. The number of anilines is 1. The van der Waals surface area contributed by atoms with E-state index >= 15 is 0 Å². The maximum atomic E-state index is 12.6. The van der Waals surface area contributed by atoms with Gasteiger partial charge < -0.3 is 10.0 Å². The number of carbonyl (C=O) groups is 1. The van der Waals surface area contributed by atoms with Gasteiger partial charge in [-0.25, -0.2) is 9.78 Å². The second-order valence-electron chi connectivity index (χ2n) is 6.56. The highest BCUT2D eigenvalue weighted by Crippen LogP contribution is 2.30. The SMILES string of the molecule is CC(O)c1cnc(C2=CCN(C(=O)Nc3ccc(C(F)(F)F)cn3)CC2)c(Cl)c1. The van der Waals surface area contributed by atoms with Crippen molar-refractivity contribution in [2.45, 2.75) is 25.6 Å². The summed E-state index contributed by atoms with van der Waals surface area (Å²) in [5, 5.41) is 12.5. The Kier molecular flexibility index (Phi) is 6.09. The number of hydrogen-bond acceptors (Lipinski definition) is 4. The second kappa shape index (κ2) is 8.38. The van der Waals surface area contributed by atoms with Crippen LogP contribution in [0.1, 0.15) is 36.3 Å². The molecule has 10 heteroatoms. The molecule has 0 bridgehead atoms. The fourth-order valence-corrected chi connectivity index (χ4v) is 3.11. The molecule has 2 N–H and O–H groups in total. The number of halogens is 4. The molecular weight excluding hydrogens is 409 g/mol. The van der Waals surface area contributed by atoms with E-state index in [1.54, 1.807) is 19.2 Å². The maximum Gasteiger partial charge on any atom is 0.417 e. The number of nitrogens with one attached hydrogen (secondary N) is 1. The Balaban J connectivity index is 1.64. The summed E-state index contributed by atoms with van der Waals surface area (Å²) in [4.78, 5) is 21.8. The normalized spacial score (nSPS) is 15.7. The minimum Gasteiger partial charge on any atom is -0.389 e. The molecule has 0 saturated heterocycles. The topological polar surface area (TPSA) is 78.4 Å². The second-order valence-corrected chi connectivity index (χ2v) is 6.97. The van der Waals surface area contributed by atoms with E-state index in [0.29, 0.717) is 35.4 Å². The van der Waals surface area contributed by atoms with E-state index < -0.39 is 23.9 Å². The molecule has 0 spiro atoms. The molecule has 0 aromatic carbocycles. The van der Waals surface area contributed by atoms with E-state index in [4.69, 9.17) is 11.6 Å². The van der Waals surface area contributed by atoms with E-state index in [0.717, 1.165) is 17.7 Å². The highest BCUT2D eigenvalue weighted by Gasteiger charge is 2.30. The van der Waals surface area contributed by atoms with Crippen LogP contribution in [0, 0.1) is 0 Å². The van der Waals surface area contributed by atoms with Crippen LogP contribution in [0.25, 0.3) is 5.57 Å². The molecule has 29 heavy (non-hydrogen) atoms. The quantitative estimate of drug-likeness (QED) is 0.756. The summed E-state index contributed by atoms with van der Waals surface area (Å²) in [5.74, 6) is 0.0381. The van der Waals surface area contributed by atoms with Crippen molar-refractivity contribution >= 4 is 29.0 Å². The van der Waals surface area contributed by atoms with Crippen molar-refractivity contribution in [2.75, 3.05) is 18.4 Å². The van der Waals surface area contributed by atoms with Gasteiger partial charge >= 0.3 is 12.2 Å². The summed E-state index contributed by atoms with van der Waals surface area (Å²) in [7, 11) is 0. The number of alkyl halides is 3. The van der Waals surface area contributed by atoms with Gasteiger partial charge in [0.05, 0.1) is 22.4 Å². The van der Waals surface area contributed by atoms with Crippen LogP contribution in [0.4, 0.5) is 23.8 Å². The van der Waals surface area contributed by atoms with E-state index in [9.17, 15) is 23.1 Å². The van der Waals surface area contributed by atoms with E-state index in [2.05, 4.69) is 15.3 Å². The number of aromatic nitrogens is 2. The van der Waals surface area contributed by atoms with Gasteiger partial charge in [-0.2, -0.15) is 13.2 Å². The van der Waals surface area contributed by atoms with Crippen LogP contribution in [0.2, 0.25) is 5.02 Å². The molecule has 0 saturated carbocycles. The maximum absolute atomic E-state index is 12.6. The monoisotopic (exact) mass is 426 g/mol. The molecule has 154 valence electrons. The Bertz CT molecular complexity index is 930. The van der Waals surface area contributed by atoms with Gasteiger partial charge in [-0.1, -0.05) is 17.7 Å². The van der Waals surface area contributed by atoms with E-state index in [-0.39, 0.29) is 12.4 Å². The number of aliphatic hydroxyl groups excluding tert-OH is 1. The molecule has 3 rings (SSSR count). The Morgan fingerprint density at radius 1 is 1.31 bits per heavy atom. The number of aliphatic hydroxyl groups is 1. The summed E-state index contributed by atoms with van der Waals surface area (Å²) in [5.41, 5.74) is 1.21. The number of amides is 2. The Labute approximate surface area is 170 Å². The van der Waals surface area contributed by atoms with Crippen molar-refractivity contribution < 1.29 is 23.1 Å². The zero-order chi connectivity index (χ0) is 21.2. The first-order valence-corrected chi connectivity index (χ1v) is 9.15. The summed E-state index contributed by atoms with van der Waals surface area (Å²) in [6.07, 6.45) is -0.593. The summed E-state index contributed by atoms with van der Waals surface area (Å²) in [6, 6.07) is 3.17. The minimum atomic E-state index is -4.48. The zero-order valence-corrected chi connectivity index (χ0v) is 16.1. The molecule has 0 fully saturated rings. The standard InChI is InChI=1S/C19H18ClF3N4O2/c1-11(28)13-8-15(20)17(25-9-13)12-4-6-27(7-5-12)18(29)26-16-3-2-14(10-24-16)19(21,22)23/h2-4,8-11,28H,5-7H2,1H3,(H,24,26,29). The van der Waals surface area contributed by atoms with Gasteiger partial charge in [-0.15, -0.1) is 0 Å². The minimum absolute atomic E-state index is 0.0381. The molecule has 0 radical (unpaired) electrons. The van der Waals surface area contributed by atoms with Gasteiger partial charge in [0.15, 0.2) is 0 Å². The molecule has 1 aliphatic rings. The smallest absolute Gasteiger partial charge is 0.389 e. The first-order chi connectivity index (χ1) is 13.6. The first-order valence-electron chi connectivity index (χ1n) is 8.77. The number of pyridine rings is 2. The predicted octanol–water partition coefficient (Wildman–Crippen LogP) is 4.52. The number of urea groups is 1. The number of hydrogen-bond donors (Lipinski definition) is 2. The van der Waals surface area contributed by atoms with E-state index in [1.807, 2.05) is 6.08 Å². The Hall–Kier alpha value is -2.65. The van der Waals surface area contributed by atoms with E-state index in [1.165, 1.54) is 4.90 Å². The number of carbonyl (C=O) groups excluding carboxylic acids is 1. The van der Waals surface area contributed by atoms with Crippen molar-refractivity contribution in [1.82, 2.24) is 14.9 Å². The van der Waals surface area contributed by atoms with Crippen LogP contribution in [0.5, 0.6) is 0 Å². The predicted molar refractivity (Wildman–Crippen MR) is 102 cm³/mol. The lowest BCUT2D eigenvalue weighted by molar-refractivity contribution is -0.137. The van der Waals surface area contributed by atoms with Crippen molar-refractivity contribution in [2.24, 2.45) is 0 Å². The van der Waals surface area contributed by atoms with Gasteiger partial charge in [-0.3, -0.25) is 10.3 Å². The summed E-state index contributed by atoms with van der Waals surface area (Å²) >= 11 is 6.26. The summed E-state index contributed by atoms with van der Waals surface area (Å²) < 4.78 is 37.7. The molecule has 3 heterocycles.